The summed E-state index contributed by atoms with van der Waals surface area (Å²) in [6, 6.07) is 16.1. The first-order valence-electron chi connectivity index (χ1n) is 5.93. The van der Waals surface area contributed by atoms with E-state index in [1.54, 1.807) is 24.3 Å². The van der Waals surface area contributed by atoms with Crippen molar-refractivity contribution in [2.75, 3.05) is 0 Å². The van der Waals surface area contributed by atoms with Gasteiger partial charge in [0.1, 0.15) is 6.61 Å². The lowest BCUT2D eigenvalue weighted by Crippen LogP contribution is -2.16. The fraction of sp³-hybridized carbons (Fsp3) is 0.143. The van der Waals surface area contributed by atoms with Crippen LogP contribution in [0.25, 0.3) is 0 Å². The summed E-state index contributed by atoms with van der Waals surface area (Å²) in [6.07, 6.45) is 0. The molecular formula is C14H12Br2O4S. The first kappa shape index (κ1) is 16.8. The number of hydrogen-bond acceptors (Lipinski definition) is 4. The average molecular weight is 436 g/mol. The summed E-state index contributed by atoms with van der Waals surface area (Å²) in [7, 11) is 0. The van der Waals surface area contributed by atoms with Crippen molar-refractivity contribution in [1.82, 2.24) is 0 Å². The third kappa shape index (κ3) is 4.70. The maximum absolute atomic E-state index is 12.3. The summed E-state index contributed by atoms with van der Waals surface area (Å²) in [5, 5.41) is 8.46. The van der Waals surface area contributed by atoms with Crippen molar-refractivity contribution in [3.8, 4) is 0 Å². The Bertz CT molecular complexity index is 619. The Hall–Kier alpha value is -0.570. The first-order chi connectivity index (χ1) is 10.0. The van der Waals surface area contributed by atoms with E-state index in [1.165, 1.54) is 0 Å². The SMILES string of the molecule is O=S(OC(Br)(Br)c1ccccc1)c1cccc(COO)c1. The van der Waals surface area contributed by atoms with Crippen molar-refractivity contribution < 1.29 is 18.5 Å². The van der Waals surface area contributed by atoms with Crippen molar-refractivity contribution in [2.24, 2.45) is 0 Å². The van der Waals surface area contributed by atoms with Crippen molar-refractivity contribution in [1.29, 1.82) is 0 Å². The molecule has 1 unspecified atom stereocenters. The van der Waals surface area contributed by atoms with Gasteiger partial charge in [0.15, 0.2) is 11.1 Å². The van der Waals surface area contributed by atoms with Crippen LogP contribution < -0.4 is 0 Å². The van der Waals surface area contributed by atoms with Crippen LogP contribution in [0.4, 0.5) is 0 Å². The molecule has 0 saturated carbocycles. The van der Waals surface area contributed by atoms with Gasteiger partial charge in [-0.25, -0.2) is 9.10 Å². The van der Waals surface area contributed by atoms with E-state index in [-0.39, 0.29) is 6.61 Å². The molecule has 0 heterocycles. The Labute approximate surface area is 141 Å². The lowest BCUT2D eigenvalue weighted by Gasteiger charge is -2.20. The summed E-state index contributed by atoms with van der Waals surface area (Å²) in [4.78, 5) is 4.55. The number of alkyl halides is 2. The molecule has 1 N–H and O–H groups in total. The lowest BCUT2D eigenvalue weighted by atomic mass is 10.2. The predicted molar refractivity (Wildman–Crippen MR) is 87.3 cm³/mol. The molecule has 0 fully saturated rings. The van der Waals surface area contributed by atoms with Crippen molar-refractivity contribution >= 4 is 42.9 Å². The standard InChI is InChI=1S/C14H12Br2O4S/c15-14(16,12-6-2-1-3-7-12)20-21(18)13-8-4-5-11(9-13)10-19-17/h1-9,17H,10H2. The zero-order valence-corrected chi connectivity index (χ0v) is 14.7. The molecule has 4 nitrogen and oxygen atoms in total. The monoisotopic (exact) mass is 434 g/mol. The molecular weight excluding hydrogens is 424 g/mol. The van der Waals surface area contributed by atoms with Crippen LogP contribution in [0.1, 0.15) is 11.1 Å². The quantitative estimate of drug-likeness (QED) is 0.417. The molecule has 0 aliphatic heterocycles. The minimum Gasteiger partial charge on any atom is -0.252 e. The smallest absolute Gasteiger partial charge is 0.219 e. The molecule has 0 spiro atoms. The summed E-state index contributed by atoms with van der Waals surface area (Å²) >= 11 is 5.05. The first-order valence-corrected chi connectivity index (χ1v) is 8.59. The maximum Gasteiger partial charge on any atom is 0.219 e. The highest BCUT2D eigenvalue weighted by Gasteiger charge is 2.29. The molecule has 0 amide bonds. The van der Waals surface area contributed by atoms with Gasteiger partial charge in [-0.3, -0.25) is 9.44 Å². The molecule has 1 atom stereocenters. The third-order valence-corrected chi connectivity index (χ3v) is 5.32. The van der Waals surface area contributed by atoms with Gasteiger partial charge in [0.05, 0.1) is 4.90 Å². The molecule has 0 bridgehead atoms. The Morgan fingerprint density at radius 2 is 1.81 bits per heavy atom. The molecule has 112 valence electrons. The summed E-state index contributed by atoms with van der Waals surface area (Å²) < 4.78 is 16.8. The minimum absolute atomic E-state index is 0.0253. The summed E-state index contributed by atoms with van der Waals surface area (Å²) in [6.45, 7) is 0.0253. The van der Waals surface area contributed by atoms with Gasteiger partial charge in [-0.15, -0.1) is 0 Å². The van der Waals surface area contributed by atoms with Gasteiger partial charge in [-0.1, -0.05) is 42.5 Å². The Kier molecular flexibility index (Phi) is 6.09. The topological polar surface area (TPSA) is 55.8 Å². The number of halogens is 2. The Morgan fingerprint density at radius 1 is 1.10 bits per heavy atom. The van der Waals surface area contributed by atoms with Crippen LogP contribution in [0.15, 0.2) is 59.5 Å². The van der Waals surface area contributed by atoms with E-state index >= 15 is 0 Å². The van der Waals surface area contributed by atoms with Gasteiger partial charge in [0.2, 0.25) is 3.42 Å². The van der Waals surface area contributed by atoms with E-state index in [1.807, 2.05) is 30.3 Å². The van der Waals surface area contributed by atoms with E-state index in [4.69, 9.17) is 9.44 Å². The van der Waals surface area contributed by atoms with Gasteiger partial charge in [0, 0.05) is 5.56 Å². The summed E-state index contributed by atoms with van der Waals surface area (Å²) in [5.41, 5.74) is 1.48. The molecule has 0 aliphatic carbocycles. The van der Waals surface area contributed by atoms with Crippen LogP contribution in [0.2, 0.25) is 0 Å². The zero-order valence-electron chi connectivity index (χ0n) is 10.7. The summed E-state index contributed by atoms with van der Waals surface area (Å²) in [5.74, 6) is 0. The molecule has 0 aromatic heterocycles. The Balaban J connectivity index is 2.16. The van der Waals surface area contributed by atoms with Gasteiger partial charge in [-0.2, -0.15) is 0 Å². The van der Waals surface area contributed by atoms with E-state index < -0.39 is 14.5 Å². The van der Waals surface area contributed by atoms with E-state index in [9.17, 15) is 4.21 Å². The number of hydrogen-bond donors (Lipinski definition) is 1. The van der Waals surface area contributed by atoms with Gasteiger partial charge < -0.3 is 0 Å². The third-order valence-electron chi connectivity index (χ3n) is 2.61. The second-order valence-corrected chi connectivity index (χ2v) is 8.53. The predicted octanol–water partition coefficient (Wildman–Crippen LogP) is 4.32. The van der Waals surface area contributed by atoms with E-state index in [2.05, 4.69) is 36.7 Å². The molecule has 0 saturated heterocycles. The maximum atomic E-state index is 12.3. The normalized spacial score (nSPS) is 13.1. The van der Waals surface area contributed by atoms with Gasteiger partial charge in [-0.05, 0) is 49.6 Å². The molecule has 0 aliphatic rings. The zero-order chi connectivity index (χ0) is 15.3. The van der Waals surface area contributed by atoms with Crippen molar-refractivity contribution in [3.63, 3.8) is 0 Å². The van der Waals surface area contributed by atoms with E-state index in [0.717, 1.165) is 5.56 Å². The van der Waals surface area contributed by atoms with Crippen LogP contribution in [0.3, 0.4) is 0 Å². The highest BCUT2D eigenvalue weighted by atomic mass is 79.9. The lowest BCUT2D eigenvalue weighted by molar-refractivity contribution is -0.253. The van der Waals surface area contributed by atoms with Crippen LogP contribution >= 0.6 is 31.9 Å². The fourth-order valence-electron chi connectivity index (χ4n) is 1.64. The van der Waals surface area contributed by atoms with Crippen molar-refractivity contribution in [3.05, 3.63) is 65.7 Å². The van der Waals surface area contributed by atoms with Crippen molar-refractivity contribution in [2.45, 2.75) is 14.9 Å². The largest absolute Gasteiger partial charge is 0.252 e. The van der Waals surface area contributed by atoms with Crippen LogP contribution in [0, 0.1) is 0 Å². The average Bonchev–Trinajstić information content (AvgIpc) is 2.48. The Morgan fingerprint density at radius 3 is 2.48 bits per heavy atom. The second kappa shape index (κ2) is 7.62. The van der Waals surface area contributed by atoms with E-state index in [0.29, 0.717) is 10.5 Å². The minimum atomic E-state index is -1.70. The molecule has 2 aromatic carbocycles. The molecule has 7 heteroatoms. The fourth-order valence-corrected chi connectivity index (χ4v) is 3.71. The number of benzene rings is 2. The molecule has 0 radical (unpaired) electrons. The molecule has 21 heavy (non-hydrogen) atoms. The van der Waals surface area contributed by atoms with Gasteiger partial charge >= 0.3 is 0 Å². The van der Waals surface area contributed by atoms with Gasteiger partial charge in [0.25, 0.3) is 0 Å². The highest BCUT2D eigenvalue weighted by molar-refractivity contribution is 9.24. The second-order valence-electron chi connectivity index (χ2n) is 4.12. The number of rotatable bonds is 6. The highest BCUT2D eigenvalue weighted by Crippen LogP contribution is 2.40. The molecule has 2 aromatic rings. The van der Waals surface area contributed by atoms with Crippen LogP contribution in [-0.2, 0) is 30.2 Å². The van der Waals surface area contributed by atoms with Crippen LogP contribution in [0.5, 0.6) is 0 Å². The molecule has 2 rings (SSSR count). The van der Waals surface area contributed by atoms with Crippen LogP contribution in [-0.4, -0.2) is 9.47 Å².